The molecule has 0 aromatic heterocycles. The van der Waals surface area contributed by atoms with E-state index in [4.69, 9.17) is 18.9 Å². The number of allylic oxidation sites excluding steroid dienone is 3. The van der Waals surface area contributed by atoms with Crippen molar-refractivity contribution < 1.29 is 18.9 Å². The molecule has 4 aliphatic rings. The average molecular weight is 667 g/mol. The van der Waals surface area contributed by atoms with E-state index in [1.165, 1.54) is 0 Å². The van der Waals surface area contributed by atoms with Gasteiger partial charge < -0.3 is 23.8 Å². The molecule has 51 heavy (non-hydrogen) atoms. The number of hydrogen-bond donors (Lipinski definition) is 0. The number of para-hydroxylation sites is 8. The molecule has 0 amide bonds. The van der Waals surface area contributed by atoms with Gasteiger partial charge in [-0.15, -0.1) is 0 Å². The second-order valence-electron chi connectivity index (χ2n) is 12.4. The van der Waals surface area contributed by atoms with Gasteiger partial charge in [-0.3, -0.25) is 4.90 Å². The summed E-state index contributed by atoms with van der Waals surface area (Å²) in [7, 11) is 0. The topological polar surface area (TPSA) is 43.4 Å². The fourth-order valence-corrected chi connectivity index (χ4v) is 7.58. The SMILES string of the molecule is C/C=C\C1=C(C)Oc2ccccc2N1c1cc(N2c3ccccc3Oc3ccccc32)c2c3c1Oc1ccccc1B3c1ccccc1O2.CC. The highest BCUT2D eigenvalue weighted by atomic mass is 16.5. The molecule has 0 aliphatic carbocycles. The van der Waals surface area contributed by atoms with Crippen molar-refractivity contribution in [3.8, 4) is 40.2 Å². The molecule has 0 atom stereocenters. The molecule has 10 rings (SSSR count). The van der Waals surface area contributed by atoms with Crippen LogP contribution in [0.1, 0.15) is 27.7 Å². The Morgan fingerprint density at radius 1 is 0.490 bits per heavy atom. The molecule has 0 fully saturated rings. The summed E-state index contributed by atoms with van der Waals surface area (Å²) in [5.41, 5.74) is 8.60. The number of benzene rings is 6. The standard InChI is InChI=1S/C42H29BN2O4.C2H6/c1-3-14-29-26(2)46-37-22-11-6-17-30(37)44(29)33-25-34(45-31-18-7-12-23-38(31)47-39-24-13-8-19-32(39)45)42-40-41(33)48-35-20-9-4-15-27(35)43(40)28-16-5-10-21-36(28)49-42;1-2/h3-25H,1-2H3;1-2H3/b14-3-;. The van der Waals surface area contributed by atoms with Crippen LogP contribution in [0.3, 0.4) is 0 Å². The first-order chi connectivity index (χ1) is 25.2. The Hall–Kier alpha value is -6.34. The van der Waals surface area contributed by atoms with Crippen LogP contribution in [-0.4, -0.2) is 6.71 Å². The quantitative estimate of drug-likeness (QED) is 0.175. The fourth-order valence-electron chi connectivity index (χ4n) is 7.58. The molecule has 6 aromatic carbocycles. The lowest BCUT2D eigenvalue weighted by atomic mass is 9.34. The average Bonchev–Trinajstić information content (AvgIpc) is 3.18. The van der Waals surface area contributed by atoms with Crippen LogP contribution in [0.5, 0.6) is 40.2 Å². The third-order valence-corrected chi connectivity index (χ3v) is 9.61. The van der Waals surface area contributed by atoms with E-state index in [0.717, 1.165) is 96.5 Å². The molecular weight excluding hydrogens is 631 g/mol. The van der Waals surface area contributed by atoms with Gasteiger partial charge in [0, 0.05) is 5.46 Å². The molecule has 6 aromatic rings. The molecule has 4 aliphatic heterocycles. The summed E-state index contributed by atoms with van der Waals surface area (Å²) in [4.78, 5) is 4.52. The molecule has 248 valence electrons. The number of anilines is 5. The summed E-state index contributed by atoms with van der Waals surface area (Å²) >= 11 is 0. The molecule has 0 bridgehead atoms. The zero-order valence-corrected chi connectivity index (χ0v) is 28.9. The minimum absolute atomic E-state index is 0.128. The van der Waals surface area contributed by atoms with Crippen molar-refractivity contribution in [1.82, 2.24) is 0 Å². The molecule has 0 spiro atoms. The second-order valence-corrected chi connectivity index (χ2v) is 12.4. The van der Waals surface area contributed by atoms with Gasteiger partial charge in [-0.1, -0.05) is 92.7 Å². The van der Waals surface area contributed by atoms with E-state index in [-0.39, 0.29) is 6.71 Å². The van der Waals surface area contributed by atoms with Gasteiger partial charge in [0.2, 0.25) is 0 Å². The van der Waals surface area contributed by atoms with E-state index < -0.39 is 0 Å². The lowest BCUT2D eigenvalue weighted by Gasteiger charge is -2.41. The van der Waals surface area contributed by atoms with Gasteiger partial charge in [0.1, 0.15) is 17.3 Å². The number of ether oxygens (including phenoxy) is 4. The molecule has 6 nitrogen and oxygen atoms in total. The molecule has 0 radical (unpaired) electrons. The first-order valence-corrected chi connectivity index (χ1v) is 17.5. The van der Waals surface area contributed by atoms with E-state index >= 15 is 0 Å². The van der Waals surface area contributed by atoms with Crippen LogP contribution < -0.4 is 45.1 Å². The van der Waals surface area contributed by atoms with Gasteiger partial charge >= 0.3 is 0 Å². The van der Waals surface area contributed by atoms with Crippen molar-refractivity contribution in [2.45, 2.75) is 27.7 Å². The summed E-state index contributed by atoms with van der Waals surface area (Å²) in [6, 6.07) is 43.3. The highest BCUT2D eigenvalue weighted by Crippen LogP contribution is 2.57. The minimum atomic E-state index is -0.128. The van der Waals surface area contributed by atoms with E-state index in [2.05, 4.69) is 76.5 Å². The third kappa shape index (κ3) is 4.65. The van der Waals surface area contributed by atoms with Crippen LogP contribution >= 0.6 is 0 Å². The van der Waals surface area contributed by atoms with Gasteiger partial charge in [-0.2, -0.15) is 0 Å². The van der Waals surface area contributed by atoms with Crippen LogP contribution in [0, 0.1) is 0 Å². The summed E-state index contributed by atoms with van der Waals surface area (Å²) in [6.07, 6.45) is 4.14. The van der Waals surface area contributed by atoms with Crippen molar-refractivity contribution in [2.75, 3.05) is 9.80 Å². The number of rotatable bonds is 3. The Kier molecular flexibility index (Phi) is 7.35. The van der Waals surface area contributed by atoms with Crippen LogP contribution in [0.15, 0.2) is 151 Å². The summed E-state index contributed by atoms with van der Waals surface area (Å²) in [5, 5.41) is 0. The summed E-state index contributed by atoms with van der Waals surface area (Å²) in [5.74, 6) is 6.25. The van der Waals surface area contributed by atoms with Gasteiger partial charge in [0.15, 0.2) is 28.7 Å². The molecule has 4 heterocycles. The van der Waals surface area contributed by atoms with Gasteiger partial charge in [0.25, 0.3) is 6.71 Å². The smallest absolute Gasteiger partial charge is 0.260 e. The van der Waals surface area contributed by atoms with Gasteiger partial charge in [0.05, 0.1) is 34.1 Å². The first-order valence-electron chi connectivity index (χ1n) is 17.5. The molecule has 0 saturated heterocycles. The van der Waals surface area contributed by atoms with Crippen LogP contribution in [0.4, 0.5) is 28.4 Å². The maximum atomic E-state index is 7.03. The monoisotopic (exact) mass is 666 g/mol. The van der Waals surface area contributed by atoms with E-state index in [9.17, 15) is 0 Å². The van der Waals surface area contributed by atoms with Gasteiger partial charge in [-0.05, 0) is 85.4 Å². The predicted octanol–water partition coefficient (Wildman–Crippen LogP) is 10.4. The first kappa shape index (κ1) is 30.7. The van der Waals surface area contributed by atoms with Crippen molar-refractivity contribution in [1.29, 1.82) is 0 Å². The van der Waals surface area contributed by atoms with E-state index in [1.807, 2.05) is 101 Å². The summed E-state index contributed by atoms with van der Waals surface area (Å²) < 4.78 is 26.9. The lowest BCUT2D eigenvalue weighted by molar-refractivity contribution is 0.413. The van der Waals surface area contributed by atoms with Gasteiger partial charge in [-0.25, -0.2) is 0 Å². The minimum Gasteiger partial charge on any atom is -0.458 e. The summed E-state index contributed by atoms with van der Waals surface area (Å²) in [6.45, 7) is 7.91. The maximum absolute atomic E-state index is 7.03. The number of fused-ring (bicyclic) bond motifs is 7. The van der Waals surface area contributed by atoms with Crippen molar-refractivity contribution in [3.63, 3.8) is 0 Å². The Bertz CT molecular complexity index is 2360. The predicted molar refractivity (Wildman–Crippen MR) is 207 cm³/mol. The maximum Gasteiger partial charge on any atom is 0.260 e. The zero-order valence-electron chi connectivity index (χ0n) is 28.9. The highest BCUT2D eigenvalue weighted by molar-refractivity contribution is 6.98. The molecular formula is C44H35BN2O4. The van der Waals surface area contributed by atoms with Crippen molar-refractivity contribution >= 4 is 51.5 Å². The van der Waals surface area contributed by atoms with E-state index in [0.29, 0.717) is 0 Å². The van der Waals surface area contributed by atoms with E-state index in [1.54, 1.807) is 0 Å². The lowest BCUT2D eigenvalue weighted by Crippen LogP contribution is -2.57. The van der Waals surface area contributed by atoms with Crippen LogP contribution in [-0.2, 0) is 0 Å². The Morgan fingerprint density at radius 3 is 1.45 bits per heavy atom. The van der Waals surface area contributed by atoms with Crippen molar-refractivity contribution in [2.24, 2.45) is 0 Å². The fraction of sp³-hybridized carbons (Fsp3) is 0.0909. The van der Waals surface area contributed by atoms with Crippen LogP contribution in [0.25, 0.3) is 0 Å². The Morgan fingerprint density at radius 2 is 0.922 bits per heavy atom. The number of nitrogens with zero attached hydrogens (tertiary/aromatic N) is 2. The zero-order chi connectivity index (χ0) is 34.6. The number of hydrogen-bond acceptors (Lipinski definition) is 6. The molecule has 0 unspecified atom stereocenters. The highest BCUT2D eigenvalue weighted by Gasteiger charge is 2.45. The normalized spacial score (nSPS) is 14.2. The molecule has 0 N–H and O–H groups in total. The van der Waals surface area contributed by atoms with Crippen molar-refractivity contribution in [3.05, 3.63) is 151 Å². The Labute approximate surface area is 298 Å². The largest absolute Gasteiger partial charge is 0.458 e. The molecule has 7 heteroatoms. The molecule has 0 saturated carbocycles. The third-order valence-electron chi connectivity index (χ3n) is 9.61. The second kappa shape index (κ2) is 12.2. The van der Waals surface area contributed by atoms with Crippen LogP contribution in [0.2, 0.25) is 0 Å². The Balaban J connectivity index is 0.00000171.